The number of benzene rings is 2. The third-order valence-electron chi connectivity index (χ3n) is 6.42. The first-order valence-electron chi connectivity index (χ1n) is 12.5. The van der Waals surface area contributed by atoms with Gasteiger partial charge in [0.15, 0.2) is 4.80 Å². The highest BCUT2D eigenvalue weighted by Gasteiger charge is 2.33. The van der Waals surface area contributed by atoms with Crippen molar-refractivity contribution in [1.82, 2.24) is 4.57 Å². The molecule has 0 saturated carbocycles. The number of methoxy groups -OCH3 is 1. The van der Waals surface area contributed by atoms with Gasteiger partial charge in [0.05, 0.1) is 41.1 Å². The van der Waals surface area contributed by atoms with E-state index in [9.17, 15) is 14.4 Å². The van der Waals surface area contributed by atoms with Crippen molar-refractivity contribution in [3.8, 4) is 11.3 Å². The first kappa shape index (κ1) is 27.4. The summed E-state index contributed by atoms with van der Waals surface area (Å²) in [5, 5.41) is 0. The Morgan fingerprint density at radius 2 is 1.90 bits per heavy atom. The molecule has 0 saturated heterocycles. The van der Waals surface area contributed by atoms with Gasteiger partial charge in [-0.15, -0.1) is 11.8 Å². The molecule has 0 fully saturated rings. The molecule has 1 aliphatic heterocycles. The third kappa shape index (κ3) is 5.20. The molecule has 0 unspecified atom stereocenters. The number of nitrogens with zero attached hydrogens (tertiary/aromatic N) is 2. The second-order valence-corrected chi connectivity index (χ2v) is 10.7. The lowest BCUT2D eigenvalue weighted by atomic mass is 9.96. The molecule has 5 rings (SSSR count). The van der Waals surface area contributed by atoms with Crippen molar-refractivity contribution < 1.29 is 23.5 Å². The largest absolute Gasteiger partial charge is 0.465 e. The Hall–Kier alpha value is -4.15. The van der Waals surface area contributed by atoms with Crippen molar-refractivity contribution in [2.75, 3.05) is 20.0 Å². The van der Waals surface area contributed by atoms with Crippen LogP contribution in [0.25, 0.3) is 17.4 Å². The molecular weight excluding hydrogens is 548 g/mol. The van der Waals surface area contributed by atoms with E-state index in [1.807, 2.05) is 36.6 Å². The van der Waals surface area contributed by atoms with E-state index in [1.165, 1.54) is 18.4 Å². The number of thioether (sulfide) groups is 1. The molecule has 0 spiro atoms. The van der Waals surface area contributed by atoms with Gasteiger partial charge in [0.25, 0.3) is 5.56 Å². The highest BCUT2D eigenvalue weighted by Crippen LogP contribution is 2.32. The molecule has 10 heteroatoms. The standard InChI is InChI=1S/C30H26N2O6S2/c1-5-37-29(35)25-17(2)31-30-32(26(25)18-9-12-22(39-4)13-10-18)27(33)24(40-30)16-21-11-14-23(38-21)19-7-6-8-20(15-19)28(34)36-3/h6-16,26H,5H2,1-4H3/b24-16-/t26-/m0/s1. The molecule has 204 valence electrons. The van der Waals surface area contributed by atoms with Crippen LogP contribution in [0.3, 0.4) is 0 Å². The normalized spacial score (nSPS) is 15.0. The predicted molar refractivity (Wildman–Crippen MR) is 154 cm³/mol. The minimum absolute atomic E-state index is 0.210. The number of thiazole rings is 1. The summed E-state index contributed by atoms with van der Waals surface area (Å²) < 4.78 is 18.1. The van der Waals surface area contributed by atoms with E-state index in [4.69, 9.17) is 13.9 Å². The van der Waals surface area contributed by atoms with Crippen molar-refractivity contribution in [3.05, 3.63) is 109 Å². The van der Waals surface area contributed by atoms with E-state index in [-0.39, 0.29) is 12.2 Å². The summed E-state index contributed by atoms with van der Waals surface area (Å²) in [6.45, 7) is 3.71. The van der Waals surface area contributed by atoms with Gasteiger partial charge in [0.1, 0.15) is 11.5 Å². The zero-order valence-corrected chi connectivity index (χ0v) is 23.9. The van der Waals surface area contributed by atoms with Crippen molar-refractivity contribution in [1.29, 1.82) is 0 Å². The number of esters is 2. The van der Waals surface area contributed by atoms with Crippen LogP contribution in [-0.2, 0) is 14.3 Å². The van der Waals surface area contributed by atoms with E-state index in [2.05, 4.69) is 4.99 Å². The lowest BCUT2D eigenvalue weighted by Gasteiger charge is -2.24. The van der Waals surface area contributed by atoms with Crippen LogP contribution in [-0.4, -0.2) is 36.5 Å². The SMILES string of the molecule is CCOC(=O)C1=C(C)N=c2s/c(=C\c3ccc(-c4cccc(C(=O)OC)c4)o3)c(=O)n2[C@H]1c1ccc(SC)cc1. The van der Waals surface area contributed by atoms with Crippen LogP contribution in [0.4, 0.5) is 0 Å². The highest BCUT2D eigenvalue weighted by molar-refractivity contribution is 7.98. The molecule has 0 N–H and O–H groups in total. The molecule has 1 aliphatic rings. The van der Waals surface area contributed by atoms with Crippen molar-refractivity contribution in [2.45, 2.75) is 24.8 Å². The van der Waals surface area contributed by atoms with Crippen LogP contribution in [0.1, 0.15) is 41.6 Å². The Kier molecular flexibility index (Phi) is 7.90. The summed E-state index contributed by atoms with van der Waals surface area (Å²) in [4.78, 5) is 44.9. The lowest BCUT2D eigenvalue weighted by molar-refractivity contribution is -0.139. The fraction of sp³-hybridized carbons (Fsp3) is 0.200. The summed E-state index contributed by atoms with van der Waals surface area (Å²) in [7, 11) is 1.33. The minimum Gasteiger partial charge on any atom is -0.465 e. The summed E-state index contributed by atoms with van der Waals surface area (Å²) in [6.07, 6.45) is 3.65. The van der Waals surface area contributed by atoms with Crippen LogP contribution in [0.15, 0.2) is 91.0 Å². The number of furan rings is 1. The Bertz CT molecular complexity index is 1810. The van der Waals surface area contributed by atoms with Gasteiger partial charge in [-0.3, -0.25) is 9.36 Å². The molecule has 0 radical (unpaired) electrons. The van der Waals surface area contributed by atoms with Gasteiger partial charge >= 0.3 is 11.9 Å². The molecule has 0 amide bonds. The maximum absolute atomic E-state index is 13.8. The highest BCUT2D eigenvalue weighted by atomic mass is 32.2. The first-order valence-corrected chi connectivity index (χ1v) is 14.5. The molecule has 3 heterocycles. The number of allylic oxidation sites excluding steroid dienone is 1. The number of carbonyl (C=O) groups is 2. The maximum Gasteiger partial charge on any atom is 0.338 e. The van der Waals surface area contributed by atoms with Gasteiger partial charge in [-0.2, -0.15) is 0 Å². The zero-order chi connectivity index (χ0) is 28.4. The summed E-state index contributed by atoms with van der Waals surface area (Å²) in [5.74, 6) is 0.0645. The van der Waals surface area contributed by atoms with Gasteiger partial charge in [-0.05, 0) is 62.1 Å². The van der Waals surface area contributed by atoms with E-state index in [0.717, 1.165) is 10.5 Å². The van der Waals surface area contributed by atoms with Crippen LogP contribution in [0, 0.1) is 0 Å². The second-order valence-electron chi connectivity index (χ2n) is 8.85. The van der Waals surface area contributed by atoms with E-state index in [0.29, 0.717) is 43.3 Å². The summed E-state index contributed by atoms with van der Waals surface area (Å²) >= 11 is 2.84. The number of carbonyl (C=O) groups excluding carboxylic acids is 2. The number of fused-ring (bicyclic) bond motifs is 1. The van der Waals surface area contributed by atoms with Crippen LogP contribution in [0.2, 0.25) is 0 Å². The molecule has 0 bridgehead atoms. The number of hydrogen-bond donors (Lipinski definition) is 0. The van der Waals surface area contributed by atoms with Gasteiger partial charge in [-0.1, -0.05) is 35.6 Å². The zero-order valence-electron chi connectivity index (χ0n) is 22.3. The first-order chi connectivity index (χ1) is 19.3. The van der Waals surface area contributed by atoms with Crippen molar-refractivity contribution in [2.24, 2.45) is 4.99 Å². The lowest BCUT2D eigenvalue weighted by Crippen LogP contribution is -2.39. The van der Waals surface area contributed by atoms with Crippen molar-refractivity contribution >= 4 is 41.1 Å². The van der Waals surface area contributed by atoms with Crippen LogP contribution >= 0.6 is 23.1 Å². The molecule has 1 atom stereocenters. The molecule has 8 nitrogen and oxygen atoms in total. The van der Waals surface area contributed by atoms with Gasteiger partial charge in [-0.25, -0.2) is 14.6 Å². The number of rotatable bonds is 7. The van der Waals surface area contributed by atoms with E-state index < -0.39 is 18.0 Å². The van der Waals surface area contributed by atoms with Crippen molar-refractivity contribution in [3.63, 3.8) is 0 Å². The minimum atomic E-state index is -0.679. The Labute approximate surface area is 238 Å². The van der Waals surface area contributed by atoms with Gasteiger partial charge < -0.3 is 13.9 Å². The monoisotopic (exact) mass is 574 g/mol. The smallest absolute Gasteiger partial charge is 0.338 e. The van der Waals surface area contributed by atoms with Crippen LogP contribution in [0.5, 0.6) is 0 Å². The molecule has 40 heavy (non-hydrogen) atoms. The fourth-order valence-corrected chi connectivity index (χ4v) is 5.96. The number of aromatic nitrogens is 1. The Balaban J connectivity index is 1.59. The Morgan fingerprint density at radius 3 is 2.60 bits per heavy atom. The van der Waals surface area contributed by atoms with E-state index in [1.54, 1.807) is 66.6 Å². The van der Waals surface area contributed by atoms with E-state index >= 15 is 0 Å². The molecule has 0 aliphatic carbocycles. The van der Waals surface area contributed by atoms with Gasteiger partial charge in [0.2, 0.25) is 0 Å². The second kappa shape index (κ2) is 11.5. The third-order valence-corrected chi connectivity index (χ3v) is 8.14. The number of hydrogen-bond acceptors (Lipinski definition) is 9. The quantitative estimate of drug-likeness (QED) is 0.236. The topological polar surface area (TPSA) is 100 Å². The average Bonchev–Trinajstić information content (AvgIpc) is 3.56. The van der Waals surface area contributed by atoms with Crippen LogP contribution < -0.4 is 14.9 Å². The summed E-state index contributed by atoms with van der Waals surface area (Å²) in [6, 6.07) is 17.6. The molecular formula is C30H26N2O6S2. The summed E-state index contributed by atoms with van der Waals surface area (Å²) in [5.41, 5.74) is 2.45. The van der Waals surface area contributed by atoms with Gasteiger partial charge in [0, 0.05) is 16.5 Å². The molecule has 4 aromatic rings. The molecule has 2 aromatic carbocycles. The molecule has 2 aromatic heterocycles. The Morgan fingerprint density at radius 1 is 1.12 bits per heavy atom. The number of ether oxygens (including phenoxy) is 2. The predicted octanol–water partition coefficient (Wildman–Crippen LogP) is 4.57. The fourth-order valence-electron chi connectivity index (χ4n) is 4.53. The maximum atomic E-state index is 13.8. The average molecular weight is 575 g/mol.